The van der Waals surface area contributed by atoms with Crippen LogP contribution in [0.4, 0.5) is 0 Å². The van der Waals surface area contributed by atoms with Gasteiger partial charge in [0.2, 0.25) is 0 Å². The molecule has 0 radical (unpaired) electrons. The SMILES string of the molecule is COc1ccc(-c2n[nH]c3c2CCCC3N2CCOCC2)cc1. The van der Waals surface area contributed by atoms with Crippen LogP contribution < -0.4 is 4.74 Å². The second kappa shape index (κ2) is 6.34. The van der Waals surface area contributed by atoms with Crippen molar-refractivity contribution in [3.8, 4) is 17.0 Å². The molecule has 4 rings (SSSR count). The van der Waals surface area contributed by atoms with Crippen LogP contribution in [0.15, 0.2) is 24.3 Å². The summed E-state index contributed by atoms with van der Waals surface area (Å²) in [5.74, 6) is 0.879. The highest BCUT2D eigenvalue weighted by atomic mass is 16.5. The van der Waals surface area contributed by atoms with Crippen LogP contribution in [0, 0.1) is 0 Å². The van der Waals surface area contributed by atoms with Crippen molar-refractivity contribution in [2.75, 3.05) is 33.4 Å². The zero-order valence-electron chi connectivity index (χ0n) is 13.5. The second-order valence-corrected chi connectivity index (χ2v) is 6.25. The third-order valence-electron chi connectivity index (χ3n) is 4.99. The lowest BCUT2D eigenvalue weighted by molar-refractivity contribution is 0.0115. The lowest BCUT2D eigenvalue weighted by Crippen LogP contribution is -2.40. The Bertz CT molecular complexity index is 659. The summed E-state index contributed by atoms with van der Waals surface area (Å²) in [5, 5.41) is 7.98. The first-order valence-electron chi connectivity index (χ1n) is 8.40. The summed E-state index contributed by atoms with van der Waals surface area (Å²) < 4.78 is 10.7. The molecule has 1 aliphatic heterocycles. The number of methoxy groups -OCH3 is 1. The molecule has 1 aromatic carbocycles. The monoisotopic (exact) mass is 313 g/mol. The normalized spacial score (nSPS) is 21.9. The second-order valence-electron chi connectivity index (χ2n) is 6.25. The van der Waals surface area contributed by atoms with Gasteiger partial charge in [0.25, 0.3) is 0 Å². The van der Waals surface area contributed by atoms with E-state index in [2.05, 4.69) is 27.2 Å². The highest BCUT2D eigenvalue weighted by molar-refractivity contribution is 5.65. The number of aromatic amines is 1. The van der Waals surface area contributed by atoms with Crippen LogP contribution in [0.3, 0.4) is 0 Å². The topological polar surface area (TPSA) is 50.4 Å². The molecule has 2 aromatic rings. The van der Waals surface area contributed by atoms with Gasteiger partial charge < -0.3 is 9.47 Å². The Morgan fingerprint density at radius 3 is 2.74 bits per heavy atom. The molecule has 1 fully saturated rings. The quantitative estimate of drug-likeness (QED) is 0.946. The molecule has 122 valence electrons. The van der Waals surface area contributed by atoms with Gasteiger partial charge in [-0.15, -0.1) is 0 Å². The highest BCUT2D eigenvalue weighted by Crippen LogP contribution is 2.38. The summed E-state index contributed by atoms with van der Waals surface area (Å²) in [5.41, 5.74) is 4.95. The smallest absolute Gasteiger partial charge is 0.118 e. The van der Waals surface area contributed by atoms with E-state index < -0.39 is 0 Å². The maximum atomic E-state index is 5.50. The molecule has 1 saturated heterocycles. The van der Waals surface area contributed by atoms with E-state index in [4.69, 9.17) is 9.47 Å². The molecule has 0 spiro atoms. The van der Waals surface area contributed by atoms with Crippen LogP contribution in [0.1, 0.15) is 30.1 Å². The zero-order valence-corrected chi connectivity index (χ0v) is 13.5. The van der Waals surface area contributed by atoms with E-state index >= 15 is 0 Å². The van der Waals surface area contributed by atoms with Crippen LogP contribution in [0.5, 0.6) is 5.75 Å². The van der Waals surface area contributed by atoms with E-state index in [1.54, 1.807) is 7.11 Å². The summed E-state index contributed by atoms with van der Waals surface area (Å²) in [7, 11) is 1.69. The minimum Gasteiger partial charge on any atom is -0.497 e. The number of H-pyrrole nitrogens is 1. The van der Waals surface area contributed by atoms with Crippen LogP contribution in [-0.2, 0) is 11.2 Å². The average molecular weight is 313 g/mol. The van der Waals surface area contributed by atoms with E-state index in [-0.39, 0.29) is 0 Å². The zero-order chi connectivity index (χ0) is 15.6. The predicted octanol–water partition coefficient (Wildman–Crippen LogP) is 2.79. The van der Waals surface area contributed by atoms with Crippen molar-refractivity contribution in [3.63, 3.8) is 0 Å². The number of ether oxygens (including phenoxy) is 2. The highest BCUT2D eigenvalue weighted by Gasteiger charge is 2.30. The number of nitrogens with zero attached hydrogens (tertiary/aromatic N) is 2. The van der Waals surface area contributed by atoms with Crippen molar-refractivity contribution in [2.24, 2.45) is 0 Å². The lowest BCUT2D eigenvalue weighted by Gasteiger charge is -2.36. The molecule has 1 unspecified atom stereocenters. The third kappa shape index (κ3) is 2.75. The van der Waals surface area contributed by atoms with Gasteiger partial charge in [-0.1, -0.05) is 0 Å². The standard InChI is InChI=1S/C18H23N3O2/c1-22-14-7-5-13(6-8-14)17-15-3-2-4-16(18(15)20-19-17)21-9-11-23-12-10-21/h5-8,16H,2-4,9-12H2,1H3,(H,19,20). The first kappa shape index (κ1) is 14.7. The van der Waals surface area contributed by atoms with Gasteiger partial charge in [0.1, 0.15) is 5.75 Å². The molecule has 0 amide bonds. The summed E-state index contributed by atoms with van der Waals surface area (Å²) in [6.45, 7) is 3.71. The summed E-state index contributed by atoms with van der Waals surface area (Å²) >= 11 is 0. The van der Waals surface area contributed by atoms with Gasteiger partial charge in [0.15, 0.2) is 0 Å². The summed E-state index contributed by atoms with van der Waals surface area (Å²) in [6, 6.07) is 8.64. The first-order valence-corrected chi connectivity index (χ1v) is 8.40. The Morgan fingerprint density at radius 1 is 1.22 bits per heavy atom. The number of fused-ring (bicyclic) bond motifs is 1. The molecule has 1 atom stereocenters. The van der Waals surface area contributed by atoms with Gasteiger partial charge in [0, 0.05) is 24.2 Å². The largest absolute Gasteiger partial charge is 0.497 e. The van der Waals surface area contributed by atoms with Crippen LogP contribution in [0.25, 0.3) is 11.3 Å². The van der Waals surface area contributed by atoms with E-state index in [9.17, 15) is 0 Å². The van der Waals surface area contributed by atoms with Gasteiger partial charge in [-0.2, -0.15) is 5.10 Å². The van der Waals surface area contributed by atoms with Gasteiger partial charge in [-0.25, -0.2) is 0 Å². The fourth-order valence-electron chi connectivity index (χ4n) is 3.77. The Balaban J connectivity index is 1.65. The molecule has 0 saturated carbocycles. The number of morpholine rings is 1. The van der Waals surface area contributed by atoms with Crippen LogP contribution in [-0.4, -0.2) is 48.5 Å². The molecule has 0 bridgehead atoms. The maximum Gasteiger partial charge on any atom is 0.118 e. The molecule has 5 nitrogen and oxygen atoms in total. The van der Waals surface area contributed by atoms with Gasteiger partial charge in [-0.3, -0.25) is 10.00 Å². The van der Waals surface area contributed by atoms with E-state index in [1.165, 1.54) is 24.1 Å². The van der Waals surface area contributed by atoms with Crippen molar-refractivity contribution in [1.29, 1.82) is 0 Å². The Labute approximate surface area is 136 Å². The Hall–Kier alpha value is -1.85. The molecule has 2 aliphatic rings. The fourth-order valence-corrected chi connectivity index (χ4v) is 3.77. The third-order valence-corrected chi connectivity index (χ3v) is 4.99. The van der Waals surface area contributed by atoms with Crippen LogP contribution in [0.2, 0.25) is 0 Å². The van der Waals surface area contributed by atoms with E-state index in [0.29, 0.717) is 6.04 Å². The van der Waals surface area contributed by atoms with Crippen molar-refractivity contribution in [1.82, 2.24) is 15.1 Å². The number of aromatic nitrogens is 2. The van der Waals surface area contributed by atoms with Crippen molar-refractivity contribution in [3.05, 3.63) is 35.5 Å². The number of benzene rings is 1. The minimum atomic E-state index is 0.460. The molecule has 1 N–H and O–H groups in total. The molecule has 2 heterocycles. The summed E-state index contributed by atoms with van der Waals surface area (Å²) in [4.78, 5) is 2.54. The molecule has 1 aliphatic carbocycles. The van der Waals surface area contributed by atoms with Crippen molar-refractivity contribution >= 4 is 0 Å². The number of rotatable bonds is 3. The van der Waals surface area contributed by atoms with Gasteiger partial charge in [-0.05, 0) is 43.5 Å². The average Bonchev–Trinajstić information content (AvgIpc) is 3.06. The fraction of sp³-hybridized carbons (Fsp3) is 0.500. The molecule has 5 heteroatoms. The van der Waals surface area contributed by atoms with Crippen molar-refractivity contribution < 1.29 is 9.47 Å². The van der Waals surface area contributed by atoms with E-state index in [1.807, 2.05) is 12.1 Å². The number of hydrogen-bond donors (Lipinski definition) is 1. The predicted molar refractivity (Wildman–Crippen MR) is 88.6 cm³/mol. The van der Waals surface area contributed by atoms with Crippen molar-refractivity contribution in [2.45, 2.75) is 25.3 Å². The van der Waals surface area contributed by atoms with Gasteiger partial charge >= 0.3 is 0 Å². The lowest BCUT2D eigenvalue weighted by atomic mass is 9.89. The Kier molecular flexibility index (Phi) is 4.06. The Morgan fingerprint density at radius 2 is 2.00 bits per heavy atom. The van der Waals surface area contributed by atoms with Gasteiger partial charge in [0.05, 0.1) is 37.8 Å². The number of nitrogens with one attached hydrogen (secondary N) is 1. The molecule has 23 heavy (non-hydrogen) atoms. The molecular formula is C18H23N3O2. The van der Waals surface area contributed by atoms with Crippen LogP contribution >= 0.6 is 0 Å². The summed E-state index contributed by atoms with van der Waals surface area (Å²) in [6.07, 6.45) is 3.53. The molecule has 1 aromatic heterocycles. The maximum absolute atomic E-state index is 5.50. The minimum absolute atomic E-state index is 0.460. The molecular weight excluding hydrogens is 290 g/mol. The first-order chi connectivity index (χ1) is 11.4. The van der Waals surface area contributed by atoms with E-state index in [0.717, 1.165) is 49.7 Å². The number of hydrogen-bond acceptors (Lipinski definition) is 4.